The van der Waals surface area contributed by atoms with Crippen LogP contribution in [0.1, 0.15) is 32.6 Å². The molecule has 2 rings (SSSR count). The number of carbonyl (C=O) groups excluding carboxylic acids is 2. The average molecular weight is 268 g/mol. The Balaban J connectivity index is 1.96. The number of likely N-dealkylation sites (tertiary alicyclic amines) is 1. The van der Waals surface area contributed by atoms with E-state index in [4.69, 9.17) is 5.11 Å². The Morgan fingerprint density at radius 3 is 2.58 bits per heavy atom. The lowest BCUT2D eigenvalue weighted by Crippen LogP contribution is -2.40. The molecule has 0 bridgehead atoms. The van der Waals surface area contributed by atoms with Gasteiger partial charge in [0.25, 0.3) is 0 Å². The van der Waals surface area contributed by atoms with Crippen LogP contribution in [0.3, 0.4) is 0 Å². The van der Waals surface area contributed by atoms with E-state index < -0.39 is 5.97 Å². The van der Waals surface area contributed by atoms with Crippen LogP contribution in [-0.4, -0.2) is 58.4 Å². The second kappa shape index (κ2) is 5.59. The molecule has 1 N–H and O–H groups in total. The molecule has 0 radical (unpaired) electrons. The van der Waals surface area contributed by atoms with Gasteiger partial charge in [0.15, 0.2) is 0 Å². The van der Waals surface area contributed by atoms with Gasteiger partial charge in [-0.3, -0.25) is 14.4 Å². The number of hydrogen-bond donors (Lipinski definition) is 1. The van der Waals surface area contributed by atoms with Crippen LogP contribution in [0, 0.1) is 5.92 Å². The molecule has 1 saturated carbocycles. The molecule has 6 heteroatoms. The number of aliphatic carboxylic acids is 1. The summed E-state index contributed by atoms with van der Waals surface area (Å²) in [6, 6.07) is 0.192. The van der Waals surface area contributed by atoms with Crippen molar-refractivity contribution < 1.29 is 19.5 Å². The second-order valence-corrected chi connectivity index (χ2v) is 5.24. The molecule has 0 aromatic rings. The first-order valence-electron chi connectivity index (χ1n) is 6.83. The highest BCUT2D eigenvalue weighted by atomic mass is 16.4. The van der Waals surface area contributed by atoms with Crippen LogP contribution >= 0.6 is 0 Å². The van der Waals surface area contributed by atoms with Gasteiger partial charge in [-0.05, 0) is 19.8 Å². The summed E-state index contributed by atoms with van der Waals surface area (Å²) in [5.74, 6) is -1.21. The van der Waals surface area contributed by atoms with Crippen molar-refractivity contribution in [1.29, 1.82) is 0 Å². The molecule has 0 spiro atoms. The van der Waals surface area contributed by atoms with E-state index in [1.807, 2.05) is 6.92 Å². The molecule has 0 aromatic carbocycles. The van der Waals surface area contributed by atoms with Gasteiger partial charge in [-0.15, -0.1) is 0 Å². The molecule has 0 aromatic heterocycles. The molecule has 1 atom stereocenters. The molecular formula is C13H20N2O4. The Labute approximate surface area is 112 Å². The number of hydrogen-bond acceptors (Lipinski definition) is 3. The summed E-state index contributed by atoms with van der Waals surface area (Å²) in [6.07, 6.45) is 2.14. The van der Waals surface area contributed by atoms with Gasteiger partial charge in [-0.25, -0.2) is 0 Å². The molecule has 19 heavy (non-hydrogen) atoms. The summed E-state index contributed by atoms with van der Waals surface area (Å²) in [7, 11) is 0. The lowest BCUT2D eigenvalue weighted by molar-refractivity contribution is -0.140. The van der Waals surface area contributed by atoms with Crippen molar-refractivity contribution in [2.45, 2.75) is 38.6 Å². The fraction of sp³-hybridized carbons (Fsp3) is 0.769. The van der Waals surface area contributed by atoms with Gasteiger partial charge in [-0.2, -0.15) is 0 Å². The van der Waals surface area contributed by atoms with Gasteiger partial charge in [0.1, 0.15) is 0 Å². The average Bonchev–Trinajstić information content (AvgIpc) is 3.11. The summed E-state index contributed by atoms with van der Waals surface area (Å²) >= 11 is 0. The maximum Gasteiger partial charge on any atom is 0.305 e. The molecular weight excluding hydrogens is 248 g/mol. The van der Waals surface area contributed by atoms with E-state index in [1.165, 1.54) is 0 Å². The lowest BCUT2D eigenvalue weighted by atomic mass is 10.1. The minimum Gasteiger partial charge on any atom is -0.481 e. The third-order valence-electron chi connectivity index (χ3n) is 3.78. The predicted octanol–water partition coefficient (Wildman–Crippen LogP) is 0.320. The summed E-state index contributed by atoms with van der Waals surface area (Å²) in [5.41, 5.74) is 0. The SMILES string of the molecule is CCN1CC(C(=O)N(CCC(=O)O)C2CC2)CC1=O. The fourth-order valence-electron chi connectivity index (χ4n) is 2.55. The molecule has 2 aliphatic rings. The first-order valence-corrected chi connectivity index (χ1v) is 6.83. The highest BCUT2D eigenvalue weighted by Gasteiger charge is 2.40. The number of nitrogens with zero attached hydrogens (tertiary/aromatic N) is 2. The Hall–Kier alpha value is -1.59. The zero-order valence-corrected chi connectivity index (χ0v) is 11.2. The number of carboxylic acid groups (broad SMARTS) is 1. The lowest BCUT2D eigenvalue weighted by Gasteiger charge is -2.24. The van der Waals surface area contributed by atoms with Crippen molar-refractivity contribution in [3.63, 3.8) is 0 Å². The molecule has 1 heterocycles. The maximum absolute atomic E-state index is 12.4. The van der Waals surface area contributed by atoms with E-state index in [2.05, 4.69) is 0 Å². The normalized spacial score (nSPS) is 22.7. The summed E-state index contributed by atoms with van der Waals surface area (Å²) in [6.45, 7) is 3.26. The Morgan fingerprint density at radius 1 is 1.42 bits per heavy atom. The molecule has 1 aliphatic carbocycles. The van der Waals surface area contributed by atoms with Crippen molar-refractivity contribution >= 4 is 17.8 Å². The second-order valence-electron chi connectivity index (χ2n) is 5.24. The molecule has 2 amide bonds. The topological polar surface area (TPSA) is 77.9 Å². The van der Waals surface area contributed by atoms with Gasteiger partial charge >= 0.3 is 5.97 Å². The third-order valence-corrected chi connectivity index (χ3v) is 3.78. The third kappa shape index (κ3) is 3.24. The van der Waals surface area contributed by atoms with Crippen molar-refractivity contribution in [1.82, 2.24) is 9.80 Å². The van der Waals surface area contributed by atoms with E-state index in [9.17, 15) is 14.4 Å². The van der Waals surface area contributed by atoms with Crippen LogP contribution in [0.15, 0.2) is 0 Å². The van der Waals surface area contributed by atoms with E-state index in [0.29, 0.717) is 13.1 Å². The minimum absolute atomic E-state index is 0.0230. The van der Waals surface area contributed by atoms with Crippen LogP contribution < -0.4 is 0 Å². The molecule has 2 fully saturated rings. The molecule has 1 saturated heterocycles. The quantitative estimate of drug-likeness (QED) is 0.752. The predicted molar refractivity (Wildman–Crippen MR) is 67.3 cm³/mol. The van der Waals surface area contributed by atoms with Gasteiger partial charge in [0.05, 0.1) is 12.3 Å². The van der Waals surface area contributed by atoms with Gasteiger partial charge in [0, 0.05) is 32.1 Å². The van der Waals surface area contributed by atoms with E-state index >= 15 is 0 Å². The first kappa shape index (κ1) is 13.8. The van der Waals surface area contributed by atoms with Crippen molar-refractivity contribution in [2.24, 2.45) is 5.92 Å². The smallest absolute Gasteiger partial charge is 0.305 e. The Kier molecular flexibility index (Phi) is 4.07. The maximum atomic E-state index is 12.4. The molecule has 6 nitrogen and oxygen atoms in total. The van der Waals surface area contributed by atoms with Crippen molar-refractivity contribution in [3.8, 4) is 0 Å². The monoisotopic (exact) mass is 268 g/mol. The Bertz CT molecular complexity index is 392. The summed E-state index contributed by atoms with van der Waals surface area (Å²) < 4.78 is 0. The van der Waals surface area contributed by atoms with E-state index in [1.54, 1.807) is 9.80 Å². The van der Waals surface area contributed by atoms with Gasteiger partial charge in [0.2, 0.25) is 11.8 Å². The van der Waals surface area contributed by atoms with E-state index in [0.717, 1.165) is 12.8 Å². The highest BCUT2D eigenvalue weighted by Crippen LogP contribution is 2.30. The van der Waals surface area contributed by atoms with Crippen LogP contribution in [0.4, 0.5) is 0 Å². The zero-order valence-electron chi connectivity index (χ0n) is 11.2. The highest BCUT2D eigenvalue weighted by molar-refractivity contribution is 5.89. The number of amides is 2. The van der Waals surface area contributed by atoms with Gasteiger partial charge in [-0.1, -0.05) is 0 Å². The van der Waals surface area contributed by atoms with Crippen LogP contribution in [0.25, 0.3) is 0 Å². The number of carbonyl (C=O) groups is 3. The summed E-state index contributed by atoms with van der Waals surface area (Å²) in [5, 5.41) is 8.73. The largest absolute Gasteiger partial charge is 0.481 e. The number of rotatable bonds is 6. The molecule has 106 valence electrons. The van der Waals surface area contributed by atoms with E-state index in [-0.39, 0.29) is 43.2 Å². The van der Waals surface area contributed by atoms with Crippen LogP contribution in [0.2, 0.25) is 0 Å². The number of carboxylic acids is 1. The van der Waals surface area contributed by atoms with Crippen LogP contribution in [0.5, 0.6) is 0 Å². The standard InChI is InChI=1S/C13H20N2O4/c1-2-14-8-9(7-11(14)16)13(19)15(10-3-4-10)6-5-12(17)18/h9-10H,2-8H2,1H3,(H,17,18). The van der Waals surface area contributed by atoms with Crippen molar-refractivity contribution in [3.05, 3.63) is 0 Å². The Morgan fingerprint density at radius 2 is 2.11 bits per heavy atom. The fourth-order valence-corrected chi connectivity index (χ4v) is 2.55. The zero-order chi connectivity index (χ0) is 14.0. The molecule has 1 unspecified atom stereocenters. The summed E-state index contributed by atoms with van der Waals surface area (Å²) in [4.78, 5) is 38.1. The first-order chi connectivity index (χ1) is 9.02. The van der Waals surface area contributed by atoms with Crippen molar-refractivity contribution in [2.75, 3.05) is 19.6 Å². The minimum atomic E-state index is -0.892. The van der Waals surface area contributed by atoms with Crippen LogP contribution in [-0.2, 0) is 14.4 Å². The molecule has 1 aliphatic heterocycles. The van der Waals surface area contributed by atoms with Gasteiger partial charge < -0.3 is 14.9 Å².